The smallest absolute Gasteiger partial charge is 0.240 e. The number of H-pyrrole nitrogens is 1. The maximum Gasteiger partial charge on any atom is 0.240 e. The molecular weight excluding hydrogens is 522 g/mol. The van der Waals surface area contributed by atoms with Gasteiger partial charge in [-0.25, -0.2) is 9.97 Å². The van der Waals surface area contributed by atoms with Crippen molar-refractivity contribution in [3.63, 3.8) is 0 Å². The number of para-hydroxylation sites is 1. The number of nitrogens with one attached hydrogen (secondary N) is 2. The van der Waals surface area contributed by atoms with Crippen molar-refractivity contribution >= 4 is 22.6 Å². The number of imidazole rings is 2. The second-order valence-corrected chi connectivity index (χ2v) is 13.2. The summed E-state index contributed by atoms with van der Waals surface area (Å²) < 4.78 is 2.00. The molecule has 222 valence electrons. The number of rotatable bonds is 7. The van der Waals surface area contributed by atoms with Gasteiger partial charge in [-0.15, -0.1) is 0 Å². The van der Waals surface area contributed by atoms with Crippen molar-refractivity contribution < 1.29 is 4.79 Å². The van der Waals surface area contributed by atoms with Gasteiger partial charge in [-0.05, 0) is 42.9 Å². The van der Waals surface area contributed by atoms with Crippen LogP contribution in [-0.4, -0.2) is 62.5 Å². The lowest BCUT2D eigenvalue weighted by Crippen LogP contribution is -2.46. The van der Waals surface area contributed by atoms with Crippen LogP contribution in [0.2, 0.25) is 0 Å². The molecule has 42 heavy (non-hydrogen) atoms. The summed E-state index contributed by atoms with van der Waals surface area (Å²) >= 11 is 0. The summed E-state index contributed by atoms with van der Waals surface area (Å²) in [5.74, 6) is 1.91. The quantitative estimate of drug-likeness (QED) is 0.295. The summed E-state index contributed by atoms with van der Waals surface area (Å²) in [6, 6.07) is 15.5. The summed E-state index contributed by atoms with van der Waals surface area (Å²) in [4.78, 5) is 30.9. The Bertz CT molecular complexity index is 1510. The monoisotopic (exact) mass is 567 g/mol. The Labute approximate surface area is 249 Å². The highest BCUT2D eigenvalue weighted by molar-refractivity contribution is 5.91. The number of piperazine rings is 1. The molecule has 2 aromatic carbocycles. The van der Waals surface area contributed by atoms with E-state index in [0.29, 0.717) is 12.6 Å². The fourth-order valence-corrected chi connectivity index (χ4v) is 6.40. The first kappa shape index (κ1) is 28.5. The van der Waals surface area contributed by atoms with Gasteiger partial charge < -0.3 is 19.8 Å². The molecule has 1 aliphatic heterocycles. The van der Waals surface area contributed by atoms with Crippen molar-refractivity contribution in [1.29, 1.82) is 0 Å². The fourth-order valence-electron chi connectivity index (χ4n) is 6.40. The molecule has 0 atom stereocenters. The fraction of sp³-hybridized carbons (Fsp3) is 0.500. The van der Waals surface area contributed by atoms with Crippen LogP contribution in [0.5, 0.6) is 0 Å². The largest absolute Gasteiger partial charge is 0.367 e. The molecular formula is C34H45N7O. The Balaban J connectivity index is 1.07. The minimum Gasteiger partial charge on any atom is -0.367 e. The number of aryl methyl sites for hydroxylation is 1. The SMILES string of the molecule is Cc1nc(CN2CCN(c3cccc4[nH]c(-c5ccc(C(C)(C)C)cc5)nc34)CC2)cn1CC(=O)NC1CCCCC1. The van der Waals surface area contributed by atoms with Crippen molar-refractivity contribution in [3.05, 3.63) is 65.7 Å². The van der Waals surface area contributed by atoms with E-state index in [1.54, 1.807) is 0 Å². The van der Waals surface area contributed by atoms with Gasteiger partial charge in [0.05, 0.1) is 16.9 Å². The second-order valence-electron chi connectivity index (χ2n) is 13.2. The van der Waals surface area contributed by atoms with Crippen LogP contribution in [0.4, 0.5) is 5.69 Å². The molecule has 8 heteroatoms. The van der Waals surface area contributed by atoms with Crippen LogP contribution >= 0.6 is 0 Å². The molecule has 1 aliphatic carbocycles. The average molecular weight is 568 g/mol. The third-order valence-electron chi connectivity index (χ3n) is 8.92. The lowest BCUT2D eigenvalue weighted by Gasteiger charge is -2.35. The molecule has 4 aromatic rings. The van der Waals surface area contributed by atoms with Crippen LogP contribution in [0.15, 0.2) is 48.7 Å². The van der Waals surface area contributed by atoms with E-state index in [2.05, 4.69) is 89.5 Å². The predicted octanol–water partition coefficient (Wildman–Crippen LogP) is 5.80. The predicted molar refractivity (Wildman–Crippen MR) is 170 cm³/mol. The van der Waals surface area contributed by atoms with Crippen molar-refractivity contribution in [1.82, 2.24) is 29.7 Å². The summed E-state index contributed by atoms with van der Waals surface area (Å²) in [5.41, 5.74) is 6.87. The van der Waals surface area contributed by atoms with Crippen LogP contribution in [-0.2, 0) is 23.3 Å². The maximum absolute atomic E-state index is 12.6. The summed E-state index contributed by atoms with van der Waals surface area (Å²) in [7, 11) is 0. The highest BCUT2D eigenvalue weighted by Crippen LogP contribution is 2.30. The zero-order valence-corrected chi connectivity index (χ0v) is 25.6. The van der Waals surface area contributed by atoms with Gasteiger partial charge in [-0.2, -0.15) is 0 Å². The molecule has 2 aromatic heterocycles. The molecule has 0 spiro atoms. The van der Waals surface area contributed by atoms with Gasteiger partial charge in [-0.1, -0.05) is 70.4 Å². The number of hydrogen-bond acceptors (Lipinski definition) is 5. The van der Waals surface area contributed by atoms with Gasteiger partial charge in [0.25, 0.3) is 0 Å². The lowest BCUT2D eigenvalue weighted by atomic mass is 9.87. The first-order chi connectivity index (χ1) is 20.2. The van der Waals surface area contributed by atoms with Crippen LogP contribution < -0.4 is 10.2 Å². The Hall–Kier alpha value is -3.65. The van der Waals surface area contributed by atoms with Gasteiger partial charge in [-0.3, -0.25) is 9.69 Å². The number of aromatic nitrogens is 4. The third kappa shape index (κ3) is 6.38. The molecule has 0 bridgehead atoms. The number of carbonyl (C=O) groups excluding carboxylic acids is 1. The number of anilines is 1. The van der Waals surface area contributed by atoms with Gasteiger partial charge >= 0.3 is 0 Å². The van der Waals surface area contributed by atoms with Gasteiger partial charge in [0.1, 0.15) is 23.7 Å². The van der Waals surface area contributed by atoms with Gasteiger partial charge in [0.15, 0.2) is 0 Å². The first-order valence-corrected chi connectivity index (χ1v) is 15.6. The molecule has 1 amide bonds. The molecule has 0 unspecified atom stereocenters. The number of amides is 1. The van der Waals surface area contributed by atoms with E-state index < -0.39 is 0 Å². The number of aromatic amines is 1. The third-order valence-corrected chi connectivity index (χ3v) is 8.92. The summed E-state index contributed by atoms with van der Waals surface area (Å²) in [6.45, 7) is 13.6. The zero-order valence-electron chi connectivity index (χ0n) is 25.6. The van der Waals surface area contributed by atoms with Crippen molar-refractivity contribution in [2.24, 2.45) is 0 Å². The Morgan fingerprint density at radius 2 is 1.71 bits per heavy atom. The molecule has 2 fully saturated rings. The van der Waals surface area contributed by atoms with E-state index in [0.717, 1.165) is 79.5 Å². The molecule has 3 heterocycles. The molecule has 6 rings (SSSR count). The molecule has 2 N–H and O–H groups in total. The highest BCUT2D eigenvalue weighted by atomic mass is 16.2. The maximum atomic E-state index is 12.6. The van der Waals surface area contributed by atoms with E-state index >= 15 is 0 Å². The first-order valence-electron chi connectivity index (χ1n) is 15.6. The highest BCUT2D eigenvalue weighted by Gasteiger charge is 2.22. The zero-order chi connectivity index (χ0) is 29.3. The van der Waals surface area contributed by atoms with Gasteiger partial charge in [0, 0.05) is 50.5 Å². The molecule has 1 saturated heterocycles. The van der Waals surface area contributed by atoms with Crippen molar-refractivity contribution in [2.75, 3.05) is 31.1 Å². The van der Waals surface area contributed by atoms with Gasteiger partial charge in [0.2, 0.25) is 5.91 Å². The molecule has 0 radical (unpaired) electrons. The Morgan fingerprint density at radius 3 is 2.43 bits per heavy atom. The average Bonchev–Trinajstić information content (AvgIpc) is 3.56. The van der Waals surface area contributed by atoms with Crippen LogP contribution in [0.3, 0.4) is 0 Å². The second kappa shape index (κ2) is 11.9. The minimum absolute atomic E-state index is 0.0974. The summed E-state index contributed by atoms with van der Waals surface area (Å²) in [6.07, 6.45) is 7.99. The normalized spacial score (nSPS) is 17.2. The van der Waals surface area contributed by atoms with E-state index in [-0.39, 0.29) is 11.3 Å². The van der Waals surface area contributed by atoms with E-state index in [9.17, 15) is 4.79 Å². The number of nitrogens with zero attached hydrogens (tertiary/aromatic N) is 5. The number of hydrogen-bond donors (Lipinski definition) is 2. The van der Waals surface area contributed by atoms with E-state index in [1.807, 2.05) is 11.5 Å². The Kier molecular flexibility index (Phi) is 8.08. The van der Waals surface area contributed by atoms with Crippen LogP contribution in [0.1, 0.15) is 70.0 Å². The molecule has 8 nitrogen and oxygen atoms in total. The van der Waals surface area contributed by atoms with E-state index in [4.69, 9.17) is 9.97 Å². The number of fused-ring (bicyclic) bond motifs is 1. The molecule has 1 saturated carbocycles. The van der Waals surface area contributed by atoms with Crippen LogP contribution in [0, 0.1) is 6.92 Å². The number of benzene rings is 2. The lowest BCUT2D eigenvalue weighted by molar-refractivity contribution is -0.122. The topological polar surface area (TPSA) is 82.1 Å². The Morgan fingerprint density at radius 1 is 0.976 bits per heavy atom. The molecule has 2 aliphatic rings. The van der Waals surface area contributed by atoms with Crippen molar-refractivity contribution in [2.45, 2.75) is 84.3 Å². The number of carbonyl (C=O) groups is 1. The van der Waals surface area contributed by atoms with Crippen molar-refractivity contribution in [3.8, 4) is 11.4 Å². The van der Waals surface area contributed by atoms with E-state index in [1.165, 1.54) is 30.5 Å². The minimum atomic E-state index is 0.0974. The standard InChI is InChI=1S/C34H45N7O/c1-24-35-28(22-41(24)23-31(42)36-27-9-6-5-7-10-27)21-39-17-19-40(20-18-39)30-12-8-11-29-32(30)38-33(37-29)25-13-15-26(16-14-25)34(2,3)4/h8,11-16,22,27H,5-7,9-10,17-21,23H2,1-4H3,(H,36,42)(H,37,38). The van der Waals surface area contributed by atoms with Crippen LogP contribution in [0.25, 0.3) is 22.4 Å². The summed E-state index contributed by atoms with van der Waals surface area (Å²) in [5, 5.41) is 3.23.